The number of aryl methyl sites for hydroxylation is 1. The van der Waals surface area contributed by atoms with Gasteiger partial charge in [0.05, 0.1) is 4.90 Å². The van der Waals surface area contributed by atoms with Crippen molar-refractivity contribution in [3.8, 4) is 0 Å². The maximum absolute atomic E-state index is 12.6. The Balaban J connectivity index is 1.84. The van der Waals surface area contributed by atoms with Crippen LogP contribution in [0.15, 0.2) is 60.0 Å². The molecular weight excluding hydrogens is 364 g/mol. The SMILES string of the molecule is C=CC(=O)N1CCCc2cc(C(=O)Nc3cccc(S(C)(=O)=O)c3)ccc21. The van der Waals surface area contributed by atoms with Crippen LogP contribution < -0.4 is 10.2 Å². The van der Waals surface area contributed by atoms with Crippen LogP contribution >= 0.6 is 0 Å². The second-order valence-corrected chi connectivity index (χ2v) is 8.41. The molecule has 27 heavy (non-hydrogen) atoms. The molecule has 0 fully saturated rings. The molecule has 6 nitrogen and oxygen atoms in total. The van der Waals surface area contributed by atoms with Gasteiger partial charge in [-0.05, 0) is 60.9 Å². The molecule has 1 aliphatic rings. The molecule has 1 aliphatic heterocycles. The maximum Gasteiger partial charge on any atom is 0.255 e. The van der Waals surface area contributed by atoms with Gasteiger partial charge >= 0.3 is 0 Å². The van der Waals surface area contributed by atoms with Gasteiger partial charge in [-0.1, -0.05) is 12.6 Å². The summed E-state index contributed by atoms with van der Waals surface area (Å²) < 4.78 is 23.3. The van der Waals surface area contributed by atoms with Crippen LogP contribution in [0.25, 0.3) is 0 Å². The zero-order valence-electron chi connectivity index (χ0n) is 14.9. The fourth-order valence-corrected chi connectivity index (χ4v) is 3.75. The summed E-state index contributed by atoms with van der Waals surface area (Å²) in [5, 5.41) is 2.72. The van der Waals surface area contributed by atoms with Crippen molar-refractivity contribution in [2.24, 2.45) is 0 Å². The lowest BCUT2D eigenvalue weighted by Gasteiger charge is -2.28. The standard InChI is InChI=1S/C20H20N2O4S/c1-3-19(23)22-11-5-6-14-12-15(9-10-18(14)22)20(24)21-16-7-4-8-17(13-16)27(2,25)26/h3-4,7-10,12-13H,1,5-6,11H2,2H3,(H,21,24). The molecule has 140 valence electrons. The highest BCUT2D eigenvalue weighted by atomic mass is 32.2. The van der Waals surface area contributed by atoms with E-state index < -0.39 is 9.84 Å². The number of fused-ring (bicyclic) bond motifs is 1. The molecule has 0 atom stereocenters. The number of nitrogens with one attached hydrogen (secondary N) is 1. The molecule has 2 aromatic carbocycles. The monoisotopic (exact) mass is 384 g/mol. The third kappa shape index (κ3) is 4.09. The van der Waals surface area contributed by atoms with Gasteiger partial charge in [0.25, 0.3) is 5.91 Å². The Kier molecular flexibility index (Phi) is 5.14. The third-order valence-corrected chi connectivity index (χ3v) is 5.53. The summed E-state index contributed by atoms with van der Waals surface area (Å²) >= 11 is 0. The summed E-state index contributed by atoms with van der Waals surface area (Å²) in [6.07, 6.45) is 3.99. The van der Waals surface area contributed by atoms with E-state index in [0.29, 0.717) is 17.8 Å². The van der Waals surface area contributed by atoms with Crippen LogP contribution in [0.5, 0.6) is 0 Å². The first-order valence-electron chi connectivity index (χ1n) is 8.48. The molecule has 3 rings (SSSR count). The Morgan fingerprint density at radius 3 is 2.67 bits per heavy atom. The van der Waals surface area contributed by atoms with Gasteiger partial charge in [-0.3, -0.25) is 9.59 Å². The molecule has 0 aromatic heterocycles. The molecule has 0 radical (unpaired) electrons. The maximum atomic E-state index is 12.6. The minimum atomic E-state index is -3.35. The van der Waals surface area contributed by atoms with Gasteiger partial charge in [-0.25, -0.2) is 8.42 Å². The van der Waals surface area contributed by atoms with E-state index in [2.05, 4.69) is 11.9 Å². The highest BCUT2D eigenvalue weighted by molar-refractivity contribution is 7.90. The number of carbonyl (C=O) groups excluding carboxylic acids is 2. The lowest BCUT2D eigenvalue weighted by atomic mass is 9.98. The van der Waals surface area contributed by atoms with E-state index in [4.69, 9.17) is 0 Å². The number of carbonyl (C=O) groups is 2. The van der Waals surface area contributed by atoms with E-state index in [1.807, 2.05) is 0 Å². The summed E-state index contributed by atoms with van der Waals surface area (Å²) in [4.78, 5) is 26.4. The van der Waals surface area contributed by atoms with Crippen LogP contribution in [0.3, 0.4) is 0 Å². The normalized spacial score (nSPS) is 13.6. The highest BCUT2D eigenvalue weighted by Gasteiger charge is 2.22. The molecule has 1 N–H and O–H groups in total. The Hall–Kier alpha value is -2.93. The summed E-state index contributed by atoms with van der Waals surface area (Å²) in [5.74, 6) is -0.499. The van der Waals surface area contributed by atoms with E-state index in [-0.39, 0.29) is 16.7 Å². The molecule has 2 amide bonds. The van der Waals surface area contributed by atoms with Crippen molar-refractivity contribution in [2.45, 2.75) is 17.7 Å². The number of nitrogens with zero attached hydrogens (tertiary/aromatic N) is 1. The number of benzene rings is 2. The average Bonchev–Trinajstić information content (AvgIpc) is 2.66. The van der Waals surface area contributed by atoms with Gasteiger partial charge in [0.1, 0.15) is 0 Å². The Morgan fingerprint density at radius 2 is 1.96 bits per heavy atom. The molecule has 0 bridgehead atoms. The third-order valence-electron chi connectivity index (χ3n) is 4.42. The molecule has 0 saturated heterocycles. The fraction of sp³-hybridized carbons (Fsp3) is 0.200. The first-order valence-corrected chi connectivity index (χ1v) is 10.4. The molecule has 1 heterocycles. The second-order valence-electron chi connectivity index (χ2n) is 6.40. The largest absolute Gasteiger partial charge is 0.322 e. The van der Waals surface area contributed by atoms with Gasteiger partial charge in [0, 0.05) is 29.7 Å². The predicted octanol–water partition coefficient (Wildman–Crippen LogP) is 2.81. The van der Waals surface area contributed by atoms with E-state index in [0.717, 1.165) is 30.3 Å². The zero-order chi connectivity index (χ0) is 19.6. The van der Waals surface area contributed by atoms with Crippen LogP contribution in [0.1, 0.15) is 22.3 Å². The summed E-state index contributed by atoms with van der Waals surface area (Å²) in [7, 11) is -3.35. The first-order chi connectivity index (χ1) is 12.8. The van der Waals surface area contributed by atoms with Crippen LogP contribution in [0, 0.1) is 0 Å². The second kappa shape index (κ2) is 7.36. The van der Waals surface area contributed by atoms with Gasteiger partial charge in [0.15, 0.2) is 9.84 Å². The summed E-state index contributed by atoms with van der Waals surface area (Å²) in [6, 6.07) is 11.3. The van der Waals surface area contributed by atoms with E-state index in [1.54, 1.807) is 35.2 Å². The van der Waals surface area contributed by atoms with Crippen molar-refractivity contribution in [3.05, 3.63) is 66.2 Å². The Morgan fingerprint density at radius 1 is 1.19 bits per heavy atom. The fourth-order valence-electron chi connectivity index (χ4n) is 3.09. The number of rotatable bonds is 4. The van der Waals surface area contributed by atoms with Crippen LogP contribution in [0.4, 0.5) is 11.4 Å². The van der Waals surface area contributed by atoms with Crippen molar-refractivity contribution < 1.29 is 18.0 Å². The van der Waals surface area contributed by atoms with Crippen LogP contribution in [-0.4, -0.2) is 33.0 Å². The Labute approximate surface area is 158 Å². The van der Waals surface area contributed by atoms with Crippen molar-refractivity contribution in [3.63, 3.8) is 0 Å². The minimum absolute atomic E-state index is 0.143. The molecule has 0 unspecified atom stereocenters. The van der Waals surface area contributed by atoms with Crippen molar-refractivity contribution >= 4 is 33.0 Å². The molecule has 0 saturated carbocycles. The predicted molar refractivity (Wildman–Crippen MR) is 105 cm³/mol. The number of sulfone groups is 1. The van der Waals surface area contributed by atoms with Gasteiger partial charge < -0.3 is 10.2 Å². The number of anilines is 2. The number of hydrogen-bond acceptors (Lipinski definition) is 4. The van der Waals surface area contributed by atoms with Crippen LogP contribution in [0.2, 0.25) is 0 Å². The van der Waals surface area contributed by atoms with Crippen molar-refractivity contribution in [2.75, 3.05) is 23.0 Å². The first kappa shape index (κ1) is 18.8. The van der Waals surface area contributed by atoms with Gasteiger partial charge in [-0.2, -0.15) is 0 Å². The average molecular weight is 384 g/mol. The number of hydrogen-bond donors (Lipinski definition) is 1. The van der Waals surface area contributed by atoms with Crippen LogP contribution in [-0.2, 0) is 21.1 Å². The minimum Gasteiger partial charge on any atom is -0.322 e. The van der Waals surface area contributed by atoms with E-state index in [9.17, 15) is 18.0 Å². The molecule has 0 aliphatic carbocycles. The molecule has 0 spiro atoms. The molecule has 2 aromatic rings. The van der Waals surface area contributed by atoms with Crippen molar-refractivity contribution in [1.82, 2.24) is 0 Å². The van der Waals surface area contributed by atoms with Gasteiger partial charge in [-0.15, -0.1) is 0 Å². The lowest BCUT2D eigenvalue weighted by molar-refractivity contribution is -0.114. The highest BCUT2D eigenvalue weighted by Crippen LogP contribution is 2.28. The zero-order valence-corrected chi connectivity index (χ0v) is 15.8. The van der Waals surface area contributed by atoms with Crippen molar-refractivity contribution in [1.29, 1.82) is 0 Å². The molecule has 7 heteroatoms. The van der Waals surface area contributed by atoms with E-state index in [1.165, 1.54) is 18.2 Å². The lowest BCUT2D eigenvalue weighted by Crippen LogP contribution is -2.34. The smallest absolute Gasteiger partial charge is 0.255 e. The van der Waals surface area contributed by atoms with Gasteiger partial charge in [0.2, 0.25) is 5.91 Å². The summed E-state index contributed by atoms with van der Waals surface area (Å²) in [5.41, 5.74) is 2.58. The number of amides is 2. The van der Waals surface area contributed by atoms with E-state index >= 15 is 0 Å². The summed E-state index contributed by atoms with van der Waals surface area (Å²) in [6.45, 7) is 4.15. The quantitative estimate of drug-likeness (QED) is 0.822. The molecular formula is C20H20N2O4S. The topological polar surface area (TPSA) is 83.6 Å². The Bertz CT molecular complexity index is 1030.